The number of hydrogen-bond donors (Lipinski definition) is 1. The Bertz CT molecular complexity index is 632. The molecule has 2 aromatic heterocycles. The highest BCUT2D eigenvalue weighted by Gasteiger charge is 2.14. The van der Waals surface area contributed by atoms with Crippen molar-refractivity contribution in [2.75, 3.05) is 19.4 Å². The van der Waals surface area contributed by atoms with Crippen LogP contribution >= 0.6 is 0 Å². The normalized spacial score (nSPS) is 12.0. The van der Waals surface area contributed by atoms with Crippen LogP contribution in [0.5, 0.6) is 0 Å². The van der Waals surface area contributed by atoms with Crippen molar-refractivity contribution in [1.82, 2.24) is 15.1 Å². The van der Waals surface area contributed by atoms with Crippen LogP contribution in [0.1, 0.15) is 40.5 Å². The van der Waals surface area contributed by atoms with Crippen molar-refractivity contribution in [3.05, 3.63) is 41.0 Å². The number of carbonyl (C=O) groups excluding carboxylic acids is 1. The molecule has 0 bridgehead atoms. The topological polar surface area (TPSA) is 71.3 Å². The van der Waals surface area contributed by atoms with E-state index in [4.69, 9.17) is 4.42 Å². The van der Waals surface area contributed by atoms with E-state index in [0.717, 1.165) is 17.1 Å². The van der Waals surface area contributed by atoms with E-state index in [0.29, 0.717) is 11.5 Å². The van der Waals surface area contributed by atoms with Gasteiger partial charge in [0, 0.05) is 19.7 Å². The molecule has 0 aliphatic carbocycles. The first kappa shape index (κ1) is 15.0. The van der Waals surface area contributed by atoms with Gasteiger partial charge in [-0.3, -0.25) is 4.79 Å². The van der Waals surface area contributed by atoms with E-state index in [1.807, 2.05) is 26.8 Å². The molecule has 2 heterocycles. The molecule has 0 saturated carbocycles. The summed E-state index contributed by atoms with van der Waals surface area (Å²) in [7, 11) is 3.37. The molecule has 2 rings (SSSR count). The zero-order valence-electron chi connectivity index (χ0n) is 13.0. The van der Waals surface area contributed by atoms with Gasteiger partial charge in [-0.1, -0.05) is 0 Å². The molecule has 1 amide bonds. The third-order valence-electron chi connectivity index (χ3n) is 3.20. The molecule has 2 aromatic rings. The van der Waals surface area contributed by atoms with Gasteiger partial charge in [0.25, 0.3) is 5.91 Å². The first-order valence-corrected chi connectivity index (χ1v) is 6.77. The van der Waals surface area contributed by atoms with Gasteiger partial charge in [0.05, 0.1) is 6.04 Å². The van der Waals surface area contributed by atoms with Crippen molar-refractivity contribution >= 4 is 11.7 Å². The van der Waals surface area contributed by atoms with Crippen molar-refractivity contribution in [3.63, 3.8) is 0 Å². The summed E-state index contributed by atoms with van der Waals surface area (Å²) in [5, 5.41) is 11.2. The van der Waals surface area contributed by atoms with Crippen LogP contribution in [0.15, 0.2) is 22.6 Å². The van der Waals surface area contributed by atoms with E-state index < -0.39 is 0 Å². The SMILES string of the molecule is Cc1cc(C(C)Nc2ccc(C(=O)N(C)C)nn2)c(C)o1. The Labute approximate surface area is 124 Å². The van der Waals surface area contributed by atoms with Crippen LogP contribution in [0.3, 0.4) is 0 Å². The van der Waals surface area contributed by atoms with Crippen molar-refractivity contribution < 1.29 is 9.21 Å². The quantitative estimate of drug-likeness (QED) is 0.936. The van der Waals surface area contributed by atoms with Gasteiger partial charge in [-0.05, 0) is 39.0 Å². The first-order valence-electron chi connectivity index (χ1n) is 6.77. The van der Waals surface area contributed by atoms with E-state index in [2.05, 4.69) is 15.5 Å². The van der Waals surface area contributed by atoms with Crippen molar-refractivity contribution in [3.8, 4) is 0 Å². The highest BCUT2D eigenvalue weighted by molar-refractivity contribution is 5.91. The molecule has 0 spiro atoms. The van der Waals surface area contributed by atoms with Crippen molar-refractivity contribution in [2.45, 2.75) is 26.8 Å². The molecule has 0 aliphatic heterocycles. The smallest absolute Gasteiger partial charge is 0.273 e. The third kappa shape index (κ3) is 3.39. The summed E-state index contributed by atoms with van der Waals surface area (Å²) in [6.45, 7) is 5.88. The second kappa shape index (κ2) is 5.95. The minimum Gasteiger partial charge on any atom is -0.466 e. The maximum absolute atomic E-state index is 11.7. The fraction of sp³-hybridized carbons (Fsp3) is 0.400. The first-order chi connectivity index (χ1) is 9.88. The lowest BCUT2D eigenvalue weighted by atomic mass is 10.1. The Morgan fingerprint density at radius 1 is 1.29 bits per heavy atom. The number of nitrogens with zero attached hydrogens (tertiary/aromatic N) is 3. The van der Waals surface area contributed by atoms with Gasteiger partial charge < -0.3 is 14.6 Å². The van der Waals surface area contributed by atoms with Gasteiger partial charge in [0.2, 0.25) is 0 Å². The lowest BCUT2D eigenvalue weighted by molar-refractivity contribution is 0.0821. The second-order valence-electron chi connectivity index (χ2n) is 5.24. The highest BCUT2D eigenvalue weighted by Crippen LogP contribution is 2.23. The summed E-state index contributed by atoms with van der Waals surface area (Å²) in [6.07, 6.45) is 0. The van der Waals surface area contributed by atoms with Crippen LogP contribution in [0.4, 0.5) is 5.82 Å². The molecule has 6 heteroatoms. The van der Waals surface area contributed by atoms with Gasteiger partial charge in [-0.25, -0.2) is 0 Å². The molecule has 0 saturated heterocycles. The number of nitrogens with one attached hydrogen (secondary N) is 1. The molecule has 0 radical (unpaired) electrons. The molecular weight excluding hydrogens is 268 g/mol. The predicted molar refractivity (Wildman–Crippen MR) is 80.3 cm³/mol. The van der Waals surface area contributed by atoms with Crippen LogP contribution in [0.2, 0.25) is 0 Å². The second-order valence-corrected chi connectivity index (χ2v) is 5.24. The van der Waals surface area contributed by atoms with Crippen LogP contribution in [-0.2, 0) is 0 Å². The monoisotopic (exact) mass is 288 g/mol. The summed E-state index contributed by atoms with van der Waals surface area (Å²) in [5.74, 6) is 2.23. The fourth-order valence-corrected chi connectivity index (χ4v) is 2.13. The third-order valence-corrected chi connectivity index (χ3v) is 3.20. The Kier molecular flexibility index (Phi) is 4.26. The van der Waals surface area contributed by atoms with Crippen LogP contribution in [0.25, 0.3) is 0 Å². The van der Waals surface area contributed by atoms with Crippen LogP contribution in [-0.4, -0.2) is 35.1 Å². The minimum absolute atomic E-state index is 0.0483. The molecule has 1 atom stereocenters. The Hall–Kier alpha value is -2.37. The summed E-state index contributed by atoms with van der Waals surface area (Å²) >= 11 is 0. The molecule has 112 valence electrons. The molecule has 21 heavy (non-hydrogen) atoms. The van der Waals surface area contributed by atoms with Gasteiger partial charge in [-0.15, -0.1) is 10.2 Å². The number of amides is 1. The highest BCUT2D eigenvalue weighted by atomic mass is 16.3. The molecule has 0 fully saturated rings. The zero-order chi connectivity index (χ0) is 15.6. The predicted octanol–water partition coefficient (Wildman–Crippen LogP) is 2.56. The zero-order valence-corrected chi connectivity index (χ0v) is 13.0. The van der Waals surface area contributed by atoms with Gasteiger partial charge >= 0.3 is 0 Å². The van der Waals surface area contributed by atoms with E-state index in [9.17, 15) is 4.79 Å². The number of carbonyl (C=O) groups is 1. The number of aromatic nitrogens is 2. The number of anilines is 1. The average molecular weight is 288 g/mol. The summed E-state index contributed by atoms with van der Waals surface area (Å²) in [6, 6.07) is 5.47. The number of aryl methyl sites for hydroxylation is 2. The maximum Gasteiger partial charge on any atom is 0.273 e. The molecule has 6 nitrogen and oxygen atoms in total. The average Bonchev–Trinajstić information content (AvgIpc) is 2.77. The fourth-order valence-electron chi connectivity index (χ4n) is 2.13. The van der Waals surface area contributed by atoms with E-state index in [-0.39, 0.29) is 11.9 Å². The van der Waals surface area contributed by atoms with E-state index >= 15 is 0 Å². The maximum atomic E-state index is 11.7. The van der Waals surface area contributed by atoms with Crippen molar-refractivity contribution in [2.24, 2.45) is 0 Å². The van der Waals surface area contributed by atoms with E-state index in [1.54, 1.807) is 26.2 Å². The Balaban J connectivity index is 2.10. The molecule has 0 aliphatic rings. The number of hydrogen-bond acceptors (Lipinski definition) is 5. The largest absolute Gasteiger partial charge is 0.466 e. The molecular formula is C15H20N4O2. The standard InChI is InChI=1S/C15H20N4O2/c1-9-8-12(11(3)21-9)10(2)16-14-7-6-13(17-18-14)15(20)19(4)5/h6-8,10H,1-5H3,(H,16,18). The summed E-state index contributed by atoms with van der Waals surface area (Å²) in [5.41, 5.74) is 1.41. The van der Waals surface area contributed by atoms with Crippen molar-refractivity contribution in [1.29, 1.82) is 0 Å². The van der Waals surface area contributed by atoms with Gasteiger partial charge in [0.1, 0.15) is 17.3 Å². The number of rotatable bonds is 4. The Morgan fingerprint density at radius 2 is 2.00 bits per heavy atom. The molecule has 1 N–H and O–H groups in total. The van der Waals surface area contributed by atoms with E-state index in [1.165, 1.54) is 4.90 Å². The Morgan fingerprint density at radius 3 is 2.48 bits per heavy atom. The minimum atomic E-state index is -0.164. The van der Waals surface area contributed by atoms with Gasteiger partial charge in [-0.2, -0.15) is 0 Å². The number of furan rings is 1. The lowest BCUT2D eigenvalue weighted by Crippen LogP contribution is -2.23. The van der Waals surface area contributed by atoms with Gasteiger partial charge in [0.15, 0.2) is 5.69 Å². The summed E-state index contributed by atoms with van der Waals surface area (Å²) < 4.78 is 5.52. The lowest BCUT2D eigenvalue weighted by Gasteiger charge is -2.14. The van der Waals surface area contributed by atoms with Crippen LogP contribution < -0.4 is 5.32 Å². The summed E-state index contributed by atoms with van der Waals surface area (Å²) in [4.78, 5) is 13.2. The van der Waals surface area contributed by atoms with Crippen LogP contribution in [0, 0.1) is 13.8 Å². The molecule has 1 unspecified atom stereocenters. The molecule has 0 aromatic carbocycles.